The quantitative estimate of drug-likeness (QED) is 0.862. The van der Waals surface area contributed by atoms with Gasteiger partial charge < -0.3 is 10.8 Å². The number of halogens is 3. The third-order valence-corrected chi connectivity index (χ3v) is 2.79. The number of hydrogen-bond acceptors (Lipinski definition) is 2. The summed E-state index contributed by atoms with van der Waals surface area (Å²) in [7, 11) is 0. The lowest BCUT2D eigenvalue weighted by molar-refractivity contribution is -0.138. The van der Waals surface area contributed by atoms with Crippen molar-refractivity contribution in [3.05, 3.63) is 42.0 Å². The molecule has 0 heterocycles. The highest BCUT2D eigenvalue weighted by molar-refractivity contribution is 5.91. The summed E-state index contributed by atoms with van der Waals surface area (Å²) in [6.07, 6.45) is -5.39. The van der Waals surface area contributed by atoms with E-state index < -0.39 is 18.6 Å². The van der Waals surface area contributed by atoms with Gasteiger partial charge in [-0.05, 0) is 17.0 Å². The maximum absolute atomic E-state index is 12.3. The third-order valence-electron chi connectivity index (χ3n) is 2.79. The molecule has 18 heavy (non-hydrogen) atoms. The van der Waals surface area contributed by atoms with Crippen molar-refractivity contribution in [3.63, 3.8) is 0 Å². The van der Waals surface area contributed by atoms with Gasteiger partial charge in [0, 0.05) is 11.4 Å². The second-order valence-corrected chi connectivity index (χ2v) is 4.15. The summed E-state index contributed by atoms with van der Waals surface area (Å²) in [6, 6.07) is 8.39. The van der Waals surface area contributed by atoms with Crippen LogP contribution in [0.15, 0.2) is 36.4 Å². The first-order valence-corrected chi connectivity index (χ1v) is 5.41. The summed E-state index contributed by atoms with van der Waals surface area (Å²) >= 11 is 0. The monoisotopic (exact) mass is 255 g/mol. The fourth-order valence-electron chi connectivity index (χ4n) is 1.99. The Balaban J connectivity index is 2.49. The molecule has 0 spiro atoms. The molecule has 0 saturated carbocycles. The zero-order chi connectivity index (χ0) is 13.3. The van der Waals surface area contributed by atoms with Crippen LogP contribution >= 0.6 is 0 Å². The topological polar surface area (TPSA) is 46.2 Å². The van der Waals surface area contributed by atoms with E-state index in [0.29, 0.717) is 16.3 Å². The fraction of sp³-hybridized carbons (Fsp3) is 0.231. The summed E-state index contributed by atoms with van der Waals surface area (Å²) in [4.78, 5) is 0. The lowest BCUT2D eigenvalue weighted by Gasteiger charge is -2.17. The van der Waals surface area contributed by atoms with Gasteiger partial charge in [-0.2, -0.15) is 13.2 Å². The molecule has 0 aliphatic heterocycles. The van der Waals surface area contributed by atoms with Gasteiger partial charge in [0.25, 0.3) is 0 Å². The number of nitrogens with two attached hydrogens (primary N) is 1. The number of phenolic OH excluding ortho intramolecular Hbond substituents is 1. The van der Waals surface area contributed by atoms with Crippen LogP contribution in [0.2, 0.25) is 0 Å². The molecule has 0 aromatic heterocycles. The van der Waals surface area contributed by atoms with Gasteiger partial charge in [-0.1, -0.05) is 30.3 Å². The van der Waals surface area contributed by atoms with E-state index >= 15 is 0 Å². The first kappa shape index (κ1) is 12.7. The number of aromatic hydroxyl groups is 1. The number of hydrogen-bond donors (Lipinski definition) is 2. The van der Waals surface area contributed by atoms with Crippen LogP contribution in [-0.2, 0) is 0 Å². The predicted molar refractivity (Wildman–Crippen MR) is 63.2 cm³/mol. The van der Waals surface area contributed by atoms with E-state index in [9.17, 15) is 18.3 Å². The van der Waals surface area contributed by atoms with E-state index in [1.54, 1.807) is 24.3 Å². The highest BCUT2D eigenvalue weighted by Gasteiger charge is 2.31. The summed E-state index contributed by atoms with van der Waals surface area (Å²) in [6.45, 7) is 0. The zero-order valence-electron chi connectivity index (χ0n) is 9.41. The predicted octanol–water partition coefficient (Wildman–Crippen LogP) is 3.50. The SMILES string of the molecule is N[C@H](CC(F)(F)F)c1ccc(O)c2ccccc12. The molecule has 0 saturated heterocycles. The highest BCUT2D eigenvalue weighted by Crippen LogP contribution is 2.34. The maximum Gasteiger partial charge on any atom is 0.390 e. The van der Waals surface area contributed by atoms with Crippen molar-refractivity contribution >= 4 is 10.8 Å². The molecule has 0 aliphatic rings. The number of alkyl halides is 3. The molecule has 0 amide bonds. The number of benzene rings is 2. The molecule has 3 N–H and O–H groups in total. The summed E-state index contributed by atoms with van der Waals surface area (Å²) in [5.74, 6) is 0.0357. The van der Waals surface area contributed by atoms with Gasteiger partial charge in [0.15, 0.2) is 0 Å². The van der Waals surface area contributed by atoms with Gasteiger partial charge in [0.1, 0.15) is 5.75 Å². The molecule has 2 nitrogen and oxygen atoms in total. The smallest absolute Gasteiger partial charge is 0.390 e. The first-order valence-electron chi connectivity index (χ1n) is 5.41. The molecule has 0 aliphatic carbocycles. The Labute approximate surface area is 102 Å². The second-order valence-electron chi connectivity index (χ2n) is 4.15. The average Bonchev–Trinajstić information content (AvgIpc) is 2.27. The maximum atomic E-state index is 12.3. The number of fused-ring (bicyclic) bond motifs is 1. The molecule has 0 fully saturated rings. The number of rotatable bonds is 2. The van der Waals surface area contributed by atoms with Crippen molar-refractivity contribution < 1.29 is 18.3 Å². The molecule has 0 unspecified atom stereocenters. The minimum absolute atomic E-state index is 0.0357. The lowest BCUT2D eigenvalue weighted by atomic mass is 9.96. The van der Waals surface area contributed by atoms with Crippen LogP contribution in [0.25, 0.3) is 10.8 Å². The minimum atomic E-state index is -4.31. The van der Waals surface area contributed by atoms with E-state index in [-0.39, 0.29) is 5.75 Å². The Morgan fingerprint density at radius 1 is 1.06 bits per heavy atom. The van der Waals surface area contributed by atoms with Gasteiger partial charge in [-0.3, -0.25) is 0 Å². The highest BCUT2D eigenvalue weighted by atomic mass is 19.4. The second kappa shape index (κ2) is 4.49. The van der Waals surface area contributed by atoms with Gasteiger partial charge in [-0.25, -0.2) is 0 Å². The standard InChI is InChI=1S/C13H12F3NO/c14-13(15,16)7-11(17)9-5-6-12(18)10-4-2-1-3-8(9)10/h1-6,11,18H,7,17H2/t11-/m1/s1. The molecule has 2 aromatic carbocycles. The Morgan fingerprint density at radius 2 is 1.67 bits per heavy atom. The van der Waals surface area contributed by atoms with Crippen LogP contribution in [0.4, 0.5) is 13.2 Å². The normalized spacial score (nSPS) is 13.8. The first-order chi connectivity index (χ1) is 8.38. The third kappa shape index (κ3) is 2.56. The molecule has 0 radical (unpaired) electrons. The molecule has 2 rings (SSSR count). The van der Waals surface area contributed by atoms with Gasteiger partial charge in [0.2, 0.25) is 0 Å². The van der Waals surface area contributed by atoms with Crippen molar-refractivity contribution in [2.24, 2.45) is 5.73 Å². The molecule has 1 atom stereocenters. The van der Waals surface area contributed by atoms with E-state index in [4.69, 9.17) is 5.73 Å². The Hall–Kier alpha value is -1.75. The van der Waals surface area contributed by atoms with Crippen LogP contribution in [0.3, 0.4) is 0 Å². The number of phenols is 1. The Morgan fingerprint density at radius 3 is 2.28 bits per heavy atom. The Kier molecular flexibility index (Phi) is 3.17. The fourth-order valence-corrected chi connectivity index (χ4v) is 1.99. The van der Waals surface area contributed by atoms with E-state index in [1.165, 1.54) is 12.1 Å². The van der Waals surface area contributed by atoms with Crippen molar-refractivity contribution in [3.8, 4) is 5.75 Å². The summed E-state index contributed by atoms with van der Waals surface area (Å²) in [5.41, 5.74) is 5.99. The van der Waals surface area contributed by atoms with E-state index in [0.717, 1.165) is 0 Å². The minimum Gasteiger partial charge on any atom is -0.507 e. The van der Waals surface area contributed by atoms with Crippen molar-refractivity contribution in [1.82, 2.24) is 0 Å². The molecular formula is C13H12F3NO. The van der Waals surface area contributed by atoms with Crippen molar-refractivity contribution in [2.75, 3.05) is 0 Å². The molecule has 0 bridgehead atoms. The average molecular weight is 255 g/mol. The summed E-state index contributed by atoms with van der Waals surface area (Å²) < 4.78 is 37.0. The molecule has 96 valence electrons. The van der Waals surface area contributed by atoms with Crippen LogP contribution in [-0.4, -0.2) is 11.3 Å². The van der Waals surface area contributed by atoms with E-state index in [2.05, 4.69) is 0 Å². The van der Waals surface area contributed by atoms with Gasteiger partial charge in [0.05, 0.1) is 6.42 Å². The zero-order valence-corrected chi connectivity index (χ0v) is 9.41. The Bertz CT molecular complexity index is 566. The molecule has 5 heteroatoms. The van der Waals surface area contributed by atoms with Crippen LogP contribution in [0.5, 0.6) is 5.75 Å². The van der Waals surface area contributed by atoms with Crippen LogP contribution in [0.1, 0.15) is 18.0 Å². The summed E-state index contributed by atoms with van der Waals surface area (Å²) in [5, 5.41) is 10.7. The largest absolute Gasteiger partial charge is 0.507 e. The van der Waals surface area contributed by atoms with E-state index in [1.807, 2.05) is 0 Å². The van der Waals surface area contributed by atoms with Crippen LogP contribution in [0, 0.1) is 0 Å². The molecular weight excluding hydrogens is 243 g/mol. The van der Waals surface area contributed by atoms with Crippen LogP contribution < -0.4 is 5.73 Å². The van der Waals surface area contributed by atoms with Crippen molar-refractivity contribution in [1.29, 1.82) is 0 Å². The van der Waals surface area contributed by atoms with Gasteiger partial charge in [-0.15, -0.1) is 0 Å². The lowest BCUT2D eigenvalue weighted by Crippen LogP contribution is -2.20. The molecule has 2 aromatic rings. The van der Waals surface area contributed by atoms with Crippen molar-refractivity contribution in [2.45, 2.75) is 18.6 Å². The van der Waals surface area contributed by atoms with Gasteiger partial charge >= 0.3 is 6.18 Å².